The van der Waals surface area contributed by atoms with Gasteiger partial charge in [0, 0.05) is 12.2 Å². The van der Waals surface area contributed by atoms with Gasteiger partial charge in [0.2, 0.25) is 0 Å². The van der Waals surface area contributed by atoms with Crippen LogP contribution >= 0.6 is 0 Å². The van der Waals surface area contributed by atoms with Gasteiger partial charge in [0.25, 0.3) is 11.8 Å². The molecule has 0 saturated heterocycles. The Morgan fingerprint density at radius 1 is 1.18 bits per heavy atom. The molecule has 1 aromatic carbocycles. The molecule has 0 fully saturated rings. The molecule has 22 heavy (non-hydrogen) atoms. The third kappa shape index (κ3) is 4.84. The summed E-state index contributed by atoms with van der Waals surface area (Å²) in [6.07, 6.45) is 0. The monoisotopic (exact) mass is 306 g/mol. The number of rotatable bonds is 6. The average Bonchev–Trinajstić information content (AvgIpc) is 2.42. The quantitative estimate of drug-likeness (QED) is 0.720. The molecular formula is C17H28N3O2+. The number of likely N-dealkylation sites (N-methyl/N-ethyl adjacent to an activating group) is 2. The Kier molecular flexibility index (Phi) is 6.56. The lowest BCUT2D eigenvalue weighted by atomic mass is 10.1. The SMILES string of the molecule is CCNC(=O)[C@@H](C)[NH+](C)CC(=O)Nc1c(C)cc(C)cc1C. The van der Waals surface area contributed by atoms with E-state index >= 15 is 0 Å². The first-order valence-corrected chi connectivity index (χ1v) is 7.74. The van der Waals surface area contributed by atoms with Crippen molar-refractivity contribution < 1.29 is 14.5 Å². The fourth-order valence-electron chi connectivity index (χ4n) is 2.52. The number of carbonyl (C=O) groups is 2. The van der Waals surface area contributed by atoms with Gasteiger partial charge in [0.15, 0.2) is 12.6 Å². The van der Waals surface area contributed by atoms with Crippen molar-refractivity contribution in [2.24, 2.45) is 0 Å². The van der Waals surface area contributed by atoms with Gasteiger partial charge < -0.3 is 15.5 Å². The van der Waals surface area contributed by atoms with E-state index in [2.05, 4.69) is 22.8 Å². The maximum Gasteiger partial charge on any atom is 0.279 e. The molecular weight excluding hydrogens is 278 g/mol. The summed E-state index contributed by atoms with van der Waals surface area (Å²) in [5.41, 5.74) is 4.16. The summed E-state index contributed by atoms with van der Waals surface area (Å²) in [4.78, 5) is 24.9. The normalized spacial score (nSPS) is 13.4. The second-order valence-corrected chi connectivity index (χ2v) is 5.96. The molecule has 0 aliphatic rings. The Morgan fingerprint density at radius 2 is 1.73 bits per heavy atom. The summed E-state index contributed by atoms with van der Waals surface area (Å²) in [5.74, 6) is -0.112. The highest BCUT2D eigenvalue weighted by Crippen LogP contribution is 2.21. The van der Waals surface area contributed by atoms with Gasteiger partial charge in [-0.15, -0.1) is 0 Å². The molecule has 0 saturated carbocycles. The molecule has 1 rings (SSSR count). The van der Waals surface area contributed by atoms with Gasteiger partial charge in [0.1, 0.15) is 0 Å². The minimum atomic E-state index is -0.258. The molecule has 2 atom stereocenters. The lowest BCUT2D eigenvalue weighted by molar-refractivity contribution is -0.885. The molecule has 5 heteroatoms. The number of amides is 2. The van der Waals surface area contributed by atoms with E-state index in [0.29, 0.717) is 6.54 Å². The molecule has 0 heterocycles. The molecule has 1 aromatic rings. The van der Waals surface area contributed by atoms with E-state index in [-0.39, 0.29) is 24.4 Å². The molecule has 122 valence electrons. The minimum Gasteiger partial charge on any atom is -0.351 e. The molecule has 5 nitrogen and oxygen atoms in total. The van der Waals surface area contributed by atoms with Crippen LogP contribution in [0.25, 0.3) is 0 Å². The fourth-order valence-corrected chi connectivity index (χ4v) is 2.52. The van der Waals surface area contributed by atoms with Crippen LogP contribution in [0.15, 0.2) is 12.1 Å². The number of quaternary nitrogens is 1. The highest BCUT2D eigenvalue weighted by atomic mass is 16.2. The van der Waals surface area contributed by atoms with Crippen molar-refractivity contribution in [1.29, 1.82) is 0 Å². The number of benzene rings is 1. The van der Waals surface area contributed by atoms with E-state index in [9.17, 15) is 9.59 Å². The number of hydrogen-bond acceptors (Lipinski definition) is 2. The molecule has 0 aliphatic heterocycles. The Morgan fingerprint density at radius 3 is 2.23 bits per heavy atom. The molecule has 0 aliphatic carbocycles. The van der Waals surface area contributed by atoms with E-state index in [1.54, 1.807) is 0 Å². The van der Waals surface area contributed by atoms with Crippen molar-refractivity contribution in [3.05, 3.63) is 28.8 Å². The summed E-state index contributed by atoms with van der Waals surface area (Å²) < 4.78 is 0. The first-order valence-electron chi connectivity index (χ1n) is 7.74. The Labute approximate surface area is 133 Å². The summed E-state index contributed by atoms with van der Waals surface area (Å²) in [6.45, 7) is 10.6. The largest absolute Gasteiger partial charge is 0.351 e. The third-order valence-electron chi connectivity index (χ3n) is 3.86. The smallest absolute Gasteiger partial charge is 0.279 e. The number of hydrogen-bond donors (Lipinski definition) is 3. The molecule has 0 spiro atoms. The zero-order valence-electron chi connectivity index (χ0n) is 14.5. The topological polar surface area (TPSA) is 62.6 Å². The van der Waals surface area contributed by atoms with Gasteiger partial charge in [-0.25, -0.2) is 0 Å². The first kappa shape index (κ1) is 18.2. The average molecular weight is 306 g/mol. The molecule has 2 amide bonds. The Balaban J connectivity index is 2.69. The maximum absolute atomic E-state index is 12.2. The predicted molar refractivity (Wildman–Crippen MR) is 89.2 cm³/mol. The van der Waals surface area contributed by atoms with Crippen molar-refractivity contribution in [1.82, 2.24) is 5.32 Å². The van der Waals surface area contributed by atoms with Crippen molar-refractivity contribution in [3.63, 3.8) is 0 Å². The van der Waals surface area contributed by atoms with Crippen molar-refractivity contribution >= 4 is 17.5 Å². The van der Waals surface area contributed by atoms with E-state index in [4.69, 9.17) is 0 Å². The highest BCUT2D eigenvalue weighted by molar-refractivity contribution is 5.93. The summed E-state index contributed by atoms with van der Waals surface area (Å²) >= 11 is 0. The van der Waals surface area contributed by atoms with Gasteiger partial charge >= 0.3 is 0 Å². The fraction of sp³-hybridized carbons (Fsp3) is 0.529. The van der Waals surface area contributed by atoms with E-state index in [0.717, 1.165) is 21.7 Å². The van der Waals surface area contributed by atoms with E-state index in [1.165, 1.54) is 5.56 Å². The van der Waals surface area contributed by atoms with Crippen LogP contribution in [0.4, 0.5) is 5.69 Å². The lowest BCUT2D eigenvalue weighted by Gasteiger charge is -2.21. The second-order valence-electron chi connectivity index (χ2n) is 5.96. The Bertz CT molecular complexity index is 532. The van der Waals surface area contributed by atoms with Crippen molar-refractivity contribution in [2.45, 2.75) is 40.7 Å². The minimum absolute atomic E-state index is 0.0319. The molecule has 0 radical (unpaired) electrons. The predicted octanol–water partition coefficient (Wildman–Crippen LogP) is 0.590. The first-order chi connectivity index (χ1) is 10.3. The zero-order valence-corrected chi connectivity index (χ0v) is 14.5. The van der Waals surface area contributed by atoms with E-state index in [1.807, 2.05) is 41.7 Å². The number of aryl methyl sites for hydroxylation is 3. The van der Waals surface area contributed by atoms with Gasteiger partial charge in [0.05, 0.1) is 7.05 Å². The van der Waals surface area contributed by atoms with Crippen LogP contribution in [-0.2, 0) is 9.59 Å². The summed E-state index contributed by atoms with van der Waals surface area (Å²) in [6, 6.07) is 3.85. The van der Waals surface area contributed by atoms with Crippen LogP contribution in [0.3, 0.4) is 0 Å². The third-order valence-corrected chi connectivity index (χ3v) is 3.86. The van der Waals surface area contributed by atoms with Crippen LogP contribution in [0.5, 0.6) is 0 Å². The van der Waals surface area contributed by atoms with Gasteiger partial charge in [-0.2, -0.15) is 0 Å². The number of carbonyl (C=O) groups excluding carboxylic acids is 2. The Hall–Kier alpha value is -1.88. The van der Waals surface area contributed by atoms with Crippen molar-refractivity contribution in [3.8, 4) is 0 Å². The zero-order chi connectivity index (χ0) is 16.9. The van der Waals surface area contributed by atoms with Crippen molar-refractivity contribution in [2.75, 3.05) is 25.5 Å². The van der Waals surface area contributed by atoms with E-state index < -0.39 is 0 Å². The molecule has 0 bridgehead atoms. The van der Waals surface area contributed by atoms with Gasteiger partial charge in [-0.1, -0.05) is 17.7 Å². The van der Waals surface area contributed by atoms with Gasteiger partial charge in [-0.3, -0.25) is 9.59 Å². The van der Waals surface area contributed by atoms with Crippen LogP contribution in [0, 0.1) is 20.8 Å². The highest BCUT2D eigenvalue weighted by Gasteiger charge is 2.23. The van der Waals surface area contributed by atoms with Gasteiger partial charge in [-0.05, 0) is 45.7 Å². The van der Waals surface area contributed by atoms with Crippen LogP contribution in [0.1, 0.15) is 30.5 Å². The molecule has 1 unspecified atom stereocenters. The number of nitrogens with one attached hydrogen (secondary N) is 3. The van der Waals surface area contributed by atoms with Crippen LogP contribution in [0.2, 0.25) is 0 Å². The van der Waals surface area contributed by atoms with Crippen LogP contribution in [-0.4, -0.2) is 38.0 Å². The number of anilines is 1. The molecule has 3 N–H and O–H groups in total. The molecule has 0 aromatic heterocycles. The summed E-state index contributed by atoms with van der Waals surface area (Å²) in [5, 5.41) is 5.75. The second kappa shape index (κ2) is 7.94. The maximum atomic E-state index is 12.2. The van der Waals surface area contributed by atoms with Crippen LogP contribution < -0.4 is 15.5 Å². The lowest BCUT2D eigenvalue weighted by Crippen LogP contribution is -3.15. The standard InChI is InChI=1S/C17H27N3O2/c1-7-18-17(22)14(5)20(6)10-15(21)19-16-12(3)8-11(2)9-13(16)4/h8-9,14H,7,10H2,1-6H3,(H,18,22)(H,19,21)/p+1/t14-/m1/s1. The summed E-state index contributed by atoms with van der Waals surface area (Å²) in [7, 11) is 1.86.